The highest BCUT2D eigenvalue weighted by atomic mass is 32.2. The van der Waals surface area contributed by atoms with Crippen molar-refractivity contribution >= 4 is 33.6 Å². The molecule has 47 heavy (non-hydrogen) atoms. The van der Waals surface area contributed by atoms with E-state index in [2.05, 4.69) is 20.3 Å². The number of aliphatic hydroxyl groups is 1. The second kappa shape index (κ2) is 15.6. The third-order valence-corrected chi connectivity index (χ3v) is 8.98. The summed E-state index contributed by atoms with van der Waals surface area (Å²) >= 11 is 0. The van der Waals surface area contributed by atoms with Gasteiger partial charge >= 0.3 is 12.1 Å². The molecular weight excluding hydrogens is 638 g/mol. The van der Waals surface area contributed by atoms with E-state index in [-0.39, 0.29) is 36.1 Å². The number of hydrogen-bond acceptors (Lipinski definition) is 12. The fourth-order valence-corrected chi connectivity index (χ4v) is 6.02. The Morgan fingerprint density at radius 2 is 1.79 bits per heavy atom. The fourth-order valence-electron chi connectivity index (χ4n) is 5.38. The Hall–Kier alpha value is -4.24. The Kier molecular flexibility index (Phi) is 11.8. The zero-order chi connectivity index (χ0) is 34.2. The summed E-state index contributed by atoms with van der Waals surface area (Å²) in [5.41, 5.74) is 1.21. The monoisotopic (exact) mass is 676 g/mol. The molecule has 1 aliphatic rings. The molecule has 0 spiro atoms. The number of carbonyl (C=O) groups is 2. The maximum absolute atomic E-state index is 13.1. The number of alkyl halides is 2. The van der Waals surface area contributed by atoms with Crippen molar-refractivity contribution in [1.82, 2.24) is 15.0 Å². The van der Waals surface area contributed by atoms with Gasteiger partial charge in [0.15, 0.2) is 0 Å². The van der Waals surface area contributed by atoms with Crippen LogP contribution in [-0.4, -0.2) is 66.0 Å². The molecule has 0 saturated heterocycles. The van der Waals surface area contributed by atoms with Crippen LogP contribution in [0.25, 0.3) is 11.3 Å². The Labute approximate surface area is 271 Å². The molecule has 1 fully saturated rings. The molecule has 0 bridgehead atoms. The largest absolute Gasteiger partial charge is 0.511 e. The number of aromatic nitrogens is 3. The summed E-state index contributed by atoms with van der Waals surface area (Å²) in [6, 6.07) is 9.69. The average molecular weight is 677 g/mol. The zero-order valence-electron chi connectivity index (χ0n) is 26.3. The van der Waals surface area contributed by atoms with Gasteiger partial charge in [0.1, 0.15) is 27.1 Å². The lowest BCUT2D eigenvalue weighted by atomic mass is 9.73. The normalized spacial score (nSPS) is 17.9. The van der Waals surface area contributed by atoms with Crippen molar-refractivity contribution in [2.75, 3.05) is 30.7 Å². The van der Waals surface area contributed by atoms with Crippen LogP contribution in [0.4, 0.5) is 25.2 Å². The molecule has 0 radical (unpaired) electrons. The van der Waals surface area contributed by atoms with Gasteiger partial charge in [-0.3, -0.25) is 9.78 Å². The summed E-state index contributed by atoms with van der Waals surface area (Å²) in [6.45, 7) is 2.82. The van der Waals surface area contributed by atoms with Gasteiger partial charge in [-0.05, 0) is 93.8 Å². The van der Waals surface area contributed by atoms with Crippen LogP contribution >= 0.6 is 0 Å². The number of sulfone groups is 1. The summed E-state index contributed by atoms with van der Waals surface area (Å²) in [5, 5.41) is 14.5. The second-order valence-corrected chi connectivity index (χ2v) is 14.0. The van der Waals surface area contributed by atoms with E-state index in [1.54, 1.807) is 31.3 Å². The minimum Gasteiger partial charge on any atom is -0.434 e. The van der Waals surface area contributed by atoms with E-state index >= 15 is 0 Å². The highest BCUT2D eigenvalue weighted by Crippen LogP contribution is 2.41. The lowest BCUT2D eigenvalue weighted by molar-refractivity contribution is -0.160. The SMILES string of the molecule is Cc1cc(Nc2cc(C(F)F)ccn2)nc(-c2ccc([C@](C)(O)C3CCC(C(=O)OCOC(=O)OCCCS(C)(=O)=O)CC3)nc2)c1. The molecule has 0 amide bonds. The number of ether oxygens (including phenoxy) is 3. The molecule has 0 unspecified atom stereocenters. The Morgan fingerprint density at radius 3 is 2.45 bits per heavy atom. The van der Waals surface area contributed by atoms with Crippen molar-refractivity contribution < 1.29 is 46.1 Å². The smallest absolute Gasteiger partial charge is 0.434 e. The first-order chi connectivity index (χ1) is 22.2. The molecule has 1 atom stereocenters. The van der Waals surface area contributed by atoms with Crippen molar-refractivity contribution in [3.63, 3.8) is 0 Å². The van der Waals surface area contributed by atoms with E-state index in [0.717, 1.165) is 11.8 Å². The molecule has 15 heteroatoms. The molecule has 4 rings (SSSR count). The summed E-state index contributed by atoms with van der Waals surface area (Å²) in [6.07, 6.45) is 2.46. The number of nitrogens with one attached hydrogen (secondary N) is 1. The van der Waals surface area contributed by atoms with Crippen LogP contribution in [0.5, 0.6) is 0 Å². The van der Waals surface area contributed by atoms with Crippen LogP contribution < -0.4 is 5.32 Å². The van der Waals surface area contributed by atoms with Gasteiger partial charge in [0.25, 0.3) is 6.43 Å². The van der Waals surface area contributed by atoms with E-state index in [1.807, 2.05) is 13.0 Å². The first-order valence-electron chi connectivity index (χ1n) is 15.0. The number of nitrogens with zero attached hydrogens (tertiary/aromatic N) is 3. The summed E-state index contributed by atoms with van der Waals surface area (Å²) in [7, 11) is -3.16. The van der Waals surface area contributed by atoms with Crippen LogP contribution in [0, 0.1) is 18.8 Å². The molecule has 3 aromatic heterocycles. The molecule has 0 aromatic carbocycles. The number of aryl methyl sites for hydroxylation is 1. The van der Waals surface area contributed by atoms with Crippen LogP contribution in [0.3, 0.4) is 0 Å². The summed E-state index contributed by atoms with van der Waals surface area (Å²) < 4.78 is 62.9. The van der Waals surface area contributed by atoms with E-state index in [9.17, 15) is 31.9 Å². The lowest BCUT2D eigenvalue weighted by Crippen LogP contribution is -2.37. The van der Waals surface area contributed by atoms with E-state index < -0.39 is 46.7 Å². The molecule has 0 aliphatic heterocycles. The van der Waals surface area contributed by atoms with Gasteiger partial charge in [-0.25, -0.2) is 32.0 Å². The number of hydrogen-bond donors (Lipinski definition) is 2. The predicted molar refractivity (Wildman–Crippen MR) is 167 cm³/mol. The van der Waals surface area contributed by atoms with Crippen molar-refractivity contribution in [1.29, 1.82) is 0 Å². The molecule has 2 N–H and O–H groups in total. The third-order valence-electron chi connectivity index (χ3n) is 7.95. The van der Waals surface area contributed by atoms with Gasteiger partial charge in [0.2, 0.25) is 6.79 Å². The molecule has 3 aromatic rings. The molecule has 1 aliphatic carbocycles. The molecule has 12 nitrogen and oxygen atoms in total. The quantitative estimate of drug-likeness (QED) is 0.130. The van der Waals surface area contributed by atoms with Gasteiger partial charge in [-0.1, -0.05) is 0 Å². The van der Waals surface area contributed by atoms with Crippen LogP contribution in [0.2, 0.25) is 0 Å². The molecule has 3 heterocycles. The van der Waals surface area contributed by atoms with Crippen LogP contribution in [0.1, 0.15) is 62.3 Å². The van der Waals surface area contributed by atoms with Crippen LogP contribution in [-0.2, 0) is 34.4 Å². The minimum absolute atomic E-state index is 0.125. The Bertz CT molecular complexity index is 1650. The van der Waals surface area contributed by atoms with Gasteiger partial charge in [-0.15, -0.1) is 0 Å². The van der Waals surface area contributed by atoms with Crippen molar-refractivity contribution in [2.24, 2.45) is 11.8 Å². The van der Waals surface area contributed by atoms with Gasteiger partial charge in [0.05, 0.1) is 29.7 Å². The molecular formula is C32H38F2N4O8S. The summed E-state index contributed by atoms with van der Waals surface area (Å²) in [4.78, 5) is 37.3. The molecule has 1 saturated carbocycles. The third kappa shape index (κ3) is 10.4. The van der Waals surface area contributed by atoms with Gasteiger partial charge in [0, 0.05) is 29.8 Å². The number of pyridine rings is 3. The first-order valence-corrected chi connectivity index (χ1v) is 17.1. The van der Waals surface area contributed by atoms with Crippen molar-refractivity contribution in [3.8, 4) is 11.3 Å². The average Bonchev–Trinajstić information content (AvgIpc) is 3.02. The highest BCUT2D eigenvalue weighted by Gasteiger charge is 2.39. The number of esters is 1. The van der Waals surface area contributed by atoms with E-state index in [0.29, 0.717) is 48.5 Å². The van der Waals surface area contributed by atoms with Gasteiger partial charge < -0.3 is 24.6 Å². The standard InChI is InChI=1S/C32H38F2N4O8S/c1-20-15-25(37-28(16-20)38-27-17-22(29(33)34)11-12-35-27)23-7-10-26(36-18-23)32(2,41)24-8-5-21(6-9-24)30(39)45-19-46-31(40)44-13-4-14-47(3,42)43/h7,10-12,15-18,21,24,29,41H,4-6,8-9,13-14,19H2,1-3H3,(H,35,37,38)/t21?,24?,32-/m1/s1. The number of halogens is 2. The lowest BCUT2D eigenvalue weighted by Gasteiger charge is -2.37. The predicted octanol–water partition coefficient (Wildman–Crippen LogP) is 5.63. The summed E-state index contributed by atoms with van der Waals surface area (Å²) in [5.74, 6) is -0.567. The maximum Gasteiger partial charge on any atom is 0.511 e. The van der Waals surface area contributed by atoms with Crippen molar-refractivity contribution in [2.45, 2.75) is 58.0 Å². The Balaban J connectivity index is 1.28. The van der Waals surface area contributed by atoms with E-state index in [4.69, 9.17) is 14.2 Å². The number of rotatable bonds is 13. The fraction of sp³-hybridized carbons (Fsp3) is 0.469. The first kappa shape index (κ1) is 35.6. The van der Waals surface area contributed by atoms with Gasteiger partial charge in [-0.2, -0.15) is 0 Å². The highest BCUT2D eigenvalue weighted by molar-refractivity contribution is 7.90. The number of anilines is 2. The maximum atomic E-state index is 13.1. The topological polar surface area (TPSA) is 167 Å². The number of carbonyl (C=O) groups excluding carboxylic acids is 2. The van der Waals surface area contributed by atoms with Crippen LogP contribution in [0.15, 0.2) is 48.8 Å². The second-order valence-electron chi connectivity index (χ2n) is 11.8. The van der Waals surface area contributed by atoms with Crippen molar-refractivity contribution in [3.05, 3.63) is 65.6 Å². The zero-order valence-corrected chi connectivity index (χ0v) is 27.1. The Morgan fingerprint density at radius 1 is 1.04 bits per heavy atom. The van der Waals surface area contributed by atoms with E-state index in [1.165, 1.54) is 18.3 Å². The molecule has 254 valence electrons. The minimum atomic E-state index is -3.16.